The lowest BCUT2D eigenvalue weighted by atomic mass is 10.2. The summed E-state index contributed by atoms with van der Waals surface area (Å²) in [5.41, 5.74) is 0.849. The van der Waals surface area contributed by atoms with Gasteiger partial charge in [-0.1, -0.05) is 6.07 Å². The van der Waals surface area contributed by atoms with Crippen molar-refractivity contribution in [3.8, 4) is 0 Å². The van der Waals surface area contributed by atoms with Crippen molar-refractivity contribution in [2.24, 2.45) is 0 Å². The average molecular weight is 309 g/mol. The minimum absolute atomic E-state index is 0.0556. The van der Waals surface area contributed by atoms with Crippen molar-refractivity contribution in [2.75, 3.05) is 18.4 Å². The van der Waals surface area contributed by atoms with Crippen molar-refractivity contribution in [1.29, 1.82) is 0 Å². The summed E-state index contributed by atoms with van der Waals surface area (Å²) in [6, 6.07) is 5.03. The fourth-order valence-electron chi connectivity index (χ4n) is 1.76. The SMILES string of the molecule is Cc1ccc(NCCCNC(=O)OC(C)(C)C)c([N+](=O)[O-])c1. The molecule has 1 aromatic carbocycles. The van der Waals surface area contributed by atoms with Crippen molar-refractivity contribution >= 4 is 17.5 Å². The van der Waals surface area contributed by atoms with Crippen LogP contribution in [0.15, 0.2) is 18.2 Å². The number of hydrogen-bond acceptors (Lipinski definition) is 5. The van der Waals surface area contributed by atoms with Gasteiger partial charge >= 0.3 is 6.09 Å². The first-order valence-corrected chi connectivity index (χ1v) is 7.15. The third kappa shape index (κ3) is 6.43. The van der Waals surface area contributed by atoms with Crippen LogP contribution in [-0.2, 0) is 4.74 Å². The third-order valence-electron chi connectivity index (χ3n) is 2.69. The summed E-state index contributed by atoms with van der Waals surface area (Å²) in [6.07, 6.45) is 0.165. The Bertz CT molecular complexity index is 538. The highest BCUT2D eigenvalue weighted by atomic mass is 16.6. The molecule has 7 heteroatoms. The highest BCUT2D eigenvalue weighted by molar-refractivity contribution is 5.67. The summed E-state index contributed by atoms with van der Waals surface area (Å²) in [5.74, 6) is 0. The number of amides is 1. The van der Waals surface area contributed by atoms with Gasteiger partial charge in [-0.2, -0.15) is 0 Å². The fraction of sp³-hybridized carbons (Fsp3) is 0.533. The maximum absolute atomic E-state index is 11.4. The van der Waals surface area contributed by atoms with E-state index >= 15 is 0 Å². The summed E-state index contributed by atoms with van der Waals surface area (Å²) in [4.78, 5) is 22.0. The second-order valence-corrected chi connectivity index (χ2v) is 5.99. The van der Waals surface area contributed by atoms with Crippen LogP contribution < -0.4 is 10.6 Å². The van der Waals surface area contributed by atoms with Crippen LogP contribution in [0.4, 0.5) is 16.2 Å². The number of carbonyl (C=O) groups is 1. The summed E-state index contributed by atoms with van der Waals surface area (Å²) in [7, 11) is 0. The molecular weight excluding hydrogens is 286 g/mol. The second-order valence-electron chi connectivity index (χ2n) is 5.99. The predicted molar refractivity (Wildman–Crippen MR) is 85.2 cm³/mol. The van der Waals surface area contributed by atoms with Gasteiger partial charge in [0.15, 0.2) is 0 Å². The number of carbonyl (C=O) groups excluding carboxylic acids is 1. The van der Waals surface area contributed by atoms with Gasteiger partial charge in [0.1, 0.15) is 11.3 Å². The van der Waals surface area contributed by atoms with E-state index in [4.69, 9.17) is 4.74 Å². The average Bonchev–Trinajstić information content (AvgIpc) is 2.37. The number of ether oxygens (including phenoxy) is 1. The van der Waals surface area contributed by atoms with E-state index in [1.54, 1.807) is 26.8 Å². The smallest absolute Gasteiger partial charge is 0.407 e. The highest BCUT2D eigenvalue weighted by Crippen LogP contribution is 2.25. The Labute approximate surface area is 130 Å². The molecule has 0 heterocycles. The van der Waals surface area contributed by atoms with Crippen LogP contribution >= 0.6 is 0 Å². The van der Waals surface area contributed by atoms with E-state index in [9.17, 15) is 14.9 Å². The Kier molecular flexibility index (Phi) is 6.15. The van der Waals surface area contributed by atoms with Crippen LogP contribution in [0.3, 0.4) is 0 Å². The number of aryl methyl sites for hydroxylation is 1. The third-order valence-corrected chi connectivity index (χ3v) is 2.69. The lowest BCUT2D eigenvalue weighted by Gasteiger charge is -2.19. The van der Waals surface area contributed by atoms with Crippen LogP contribution in [0, 0.1) is 17.0 Å². The molecule has 0 bridgehead atoms. The Morgan fingerprint density at radius 2 is 2.00 bits per heavy atom. The van der Waals surface area contributed by atoms with Gasteiger partial charge in [-0.05, 0) is 45.7 Å². The Balaban J connectivity index is 2.37. The zero-order valence-corrected chi connectivity index (χ0v) is 13.4. The fourth-order valence-corrected chi connectivity index (χ4v) is 1.76. The molecule has 0 aliphatic rings. The van der Waals surface area contributed by atoms with Crippen LogP contribution in [0.25, 0.3) is 0 Å². The first-order chi connectivity index (χ1) is 10.2. The van der Waals surface area contributed by atoms with E-state index in [1.165, 1.54) is 6.07 Å². The van der Waals surface area contributed by atoms with Gasteiger partial charge in [0.05, 0.1) is 4.92 Å². The highest BCUT2D eigenvalue weighted by Gasteiger charge is 2.15. The van der Waals surface area contributed by atoms with E-state index in [2.05, 4.69) is 10.6 Å². The van der Waals surface area contributed by atoms with Crippen molar-refractivity contribution in [1.82, 2.24) is 5.32 Å². The van der Waals surface area contributed by atoms with Crippen molar-refractivity contribution < 1.29 is 14.5 Å². The largest absolute Gasteiger partial charge is 0.444 e. The number of nitrogens with one attached hydrogen (secondary N) is 2. The maximum Gasteiger partial charge on any atom is 0.407 e. The van der Waals surface area contributed by atoms with Gasteiger partial charge in [-0.15, -0.1) is 0 Å². The van der Waals surface area contributed by atoms with E-state index < -0.39 is 16.6 Å². The molecule has 7 nitrogen and oxygen atoms in total. The number of alkyl carbamates (subject to hydrolysis) is 1. The molecule has 0 aliphatic carbocycles. The minimum Gasteiger partial charge on any atom is -0.444 e. The van der Waals surface area contributed by atoms with Crippen molar-refractivity contribution in [3.05, 3.63) is 33.9 Å². The first-order valence-electron chi connectivity index (χ1n) is 7.15. The Morgan fingerprint density at radius 1 is 1.32 bits per heavy atom. The van der Waals surface area contributed by atoms with Crippen molar-refractivity contribution in [2.45, 2.75) is 39.7 Å². The molecule has 0 saturated heterocycles. The minimum atomic E-state index is -0.523. The molecule has 22 heavy (non-hydrogen) atoms. The topological polar surface area (TPSA) is 93.5 Å². The maximum atomic E-state index is 11.4. The van der Waals surface area contributed by atoms with E-state index in [1.807, 2.05) is 13.0 Å². The van der Waals surface area contributed by atoms with Gasteiger partial charge in [0.25, 0.3) is 5.69 Å². The van der Waals surface area contributed by atoms with E-state index in [0.717, 1.165) is 5.56 Å². The lowest BCUT2D eigenvalue weighted by molar-refractivity contribution is -0.384. The summed E-state index contributed by atoms with van der Waals surface area (Å²) >= 11 is 0. The Hall–Kier alpha value is -2.31. The molecule has 0 fully saturated rings. The standard InChI is InChI=1S/C15H23N3O4/c1-11-6-7-12(13(10-11)18(20)21)16-8-5-9-17-14(19)22-15(2,3)4/h6-7,10,16H,5,8-9H2,1-4H3,(H,17,19). The van der Waals surface area contributed by atoms with Crippen LogP contribution in [0.5, 0.6) is 0 Å². The van der Waals surface area contributed by atoms with Gasteiger partial charge in [-0.3, -0.25) is 10.1 Å². The number of benzene rings is 1. The number of anilines is 1. The molecule has 1 amide bonds. The molecule has 0 aliphatic heterocycles. The number of rotatable bonds is 6. The molecule has 1 aromatic rings. The molecule has 0 radical (unpaired) electrons. The van der Waals surface area contributed by atoms with Gasteiger partial charge in [0, 0.05) is 19.2 Å². The monoisotopic (exact) mass is 309 g/mol. The number of nitrogens with zero attached hydrogens (tertiary/aromatic N) is 1. The van der Waals surface area contributed by atoms with Gasteiger partial charge in [0.2, 0.25) is 0 Å². The van der Waals surface area contributed by atoms with Crippen molar-refractivity contribution in [3.63, 3.8) is 0 Å². The van der Waals surface area contributed by atoms with Crippen LogP contribution in [-0.4, -0.2) is 29.7 Å². The first kappa shape index (κ1) is 17.7. The summed E-state index contributed by atoms with van der Waals surface area (Å²) in [6.45, 7) is 8.14. The Morgan fingerprint density at radius 3 is 2.59 bits per heavy atom. The molecule has 0 atom stereocenters. The second kappa shape index (κ2) is 7.63. The van der Waals surface area contributed by atoms with Crippen LogP contribution in [0.2, 0.25) is 0 Å². The quantitative estimate of drug-likeness (QED) is 0.478. The summed E-state index contributed by atoms with van der Waals surface area (Å²) in [5, 5.41) is 16.6. The molecule has 0 unspecified atom stereocenters. The predicted octanol–water partition coefficient (Wildman–Crippen LogP) is 3.23. The van der Waals surface area contributed by atoms with E-state index in [-0.39, 0.29) is 5.69 Å². The van der Waals surface area contributed by atoms with Crippen LogP contribution in [0.1, 0.15) is 32.8 Å². The molecule has 0 saturated carbocycles. The molecule has 0 aromatic heterocycles. The normalized spacial score (nSPS) is 10.9. The number of hydrogen-bond donors (Lipinski definition) is 2. The van der Waals surface area contributed by atoms with Gasteiger partial charge < -0.3 is 15.4 Å². The lowest BCUT2D eigenvalue weighted by Crippen LogP contribution is -2.33. The molecule has 1 rings (SSSR count). The summed E-state index contributed by atoms with van der Waals surface area (Å²) < 4.78 is 5.11. The zero-order chi connectivity index (χ0) is 16.8. The number of nitro groups is 1. The molecule has 0 spiro atoms. The molecule has 122 valence electrons. The molecular formula is C15H23N3O4. The van der Waals surface area contributed by atoms with Gasteiger partial charge in [-0.25, -0.2) is 4.79 Å². The number of nitro benzene ring substituents is 1. The zero-order valence-electron chi connectivity index (χ0n) is 13.4. The van der Waals surface area contributed by atoms with E-state index in [0.29, 0.717) is 25.2 Å². The molecule has 2 N–H and O–H groups in total.